The average Bonchev–Trinajstić information content (AvgIpc) is 3.36. The maximum absolute atomic E-state index is 13.7. The lowest BCUT2D eigenvalue weighted by Gasteiger charge is -2.30. The second-order valence-electron chi connectivity index (χ2n) is 8.52. The van der Waals surface area contributed by atoms with Crippen LogP contribution in [0.1, 0.15) is 29.7 Å². The number of anilines is 2. The summed E-state index contributed by atoms with van der Waals surface area (Å²) in [6.45, 7) is 4.17. The van der Waals surface area contributed by atoms with E-state index in [0.717, 1.165) is 22.4 Å². The standard InChI is InChI=1S/C28H27N5O3/c1-18-10-7-8-14-22(18)32-27(34)24-19(2)31-28-29-17-30-33(28)25(24)21-13-9-15-23(35-3)26(21)36-16-20-11-5-4-6-12-20/h4-15,17,25H,16H2,1-3H3,(H,32,34)(H,29,30,31). The molecule has 1 atom stereocenters. The van der Waals surface area contributed by atoms with Gasteiger partial charge >= 0.3 is 0 Å². The quantitative estimate of drug-likeness (QED) is 0.382. The highest BCUT2D eigenvalue weighted by molar-refractivity contribution is 6.06. The van der Waals surface area contributed by atoms with Gasteiger partial charge in [0.1, 0.15) is 19.0 Å². The number of aryl methyl sites for hydroxylation is 1. The molecule has 182 valence electrons. The van der Waals surface area contributed by atoms with E-state index in [0.29, 0.717) is 35.3 Å². The van der Waals surface area contributed by atoms with Crippen LogP contribution in [-0.4, -0.2) is 27.8 Å². The number of aromatic nitrogens is 3. The molecular weight excluding hydrogens is 454 g/mol. The van der Waals surface area contributed by atoms with E-state index in [9.17, 15) is 4.79 Å². The molecule has 8 nitrogen and oxygen atoms in total. The van der Waals surface area contributed by atoms with Crippen molar-refractivity contribution in [2.24, 2.45) is 0 Å². The second kappa shape index (κ2) is 9.95. The number of ether oxygens (including phenoxy) is 2. The zero-order chi connectivity index (χ0) is 25.1. The van der Waals surface area contributed by atoms with Crippen LogP contribution in [-0.2, 0) is 11.4 Å². The number of hydrogen-bond acceptors (Lipinski definition) is 6. The van der Waals surface area contributed by atoms with E-state index >= 15 is 0 Å². The van der Waals surface area contributed by atoms with Gasteiger partial charge in [-0.2, -0.15) is 10.1 Å². The van der Waals surface area contributed by atoms with E-state index in [1.54, 1.807) is 11.8 Å². The Morgan fingerprint density at radius 1 is 1.03 bits per heavy atom. The van der Waals surface area contributed by atoms with E-state index in [4.69, 9.17) is 9.47 Å². The highest BCUT2D eigenvalue weighted by Crippen LogP contribution is 2.43. The molecular formula is C28H27N5O3. The Morgan fingerprint density at radius 3 is 2.58 bits per heavy atom. The van der Waals surface area contributed by atoms with E-state index in [-0.39, 0.29) is 5.91 Å². The third-order valence-corrected chi connectivity index (χ3v) is 6.18. The summed E-state index contributed by atoms with van der Waals surface area (Å²) in [5, 5.41) is 10.7. The van der Waals surface area contributed by atoms with Crippen LogP contribution in [0.2, 0.25) is 0 Å². The van der Waals surface area contributed by atoms with Crippen molar-refractivity contribution in [1.29, 1.82) is 0 Å². The number of allylic oxidation sites excluding steroid dienone is 1. The highest BCUT2D eigenvalue weighted by Gasteiger charge is 2.36. The summed E-state index contributed by atoms with van der Waals surface area (Å²) < 4.78 is 13.7. The molecule has 2 heterocycles. The van der Waals surface area contributed by atoms with Crippen molar-refractivity contribution in [1.82, 2.24) is 14.8 Å². The fourth-order valence-electron chi connectivity index (χ4n) is 4.37. The molecule has 1 unspecified atom stereocenters. The van der Waals surface area contributed by atoms with Gasteiger partial charge in [-0.3, -0.25) is 4.79 Å². The number of hydrogen-bond donors (Lipinski definition) is 2. The van der Waals surface area contributed by atoms with Crippen molar-refractivity contribution in [2.75, 3.05) is 17.7 Å². The zero-order valence-corrected chi connectivity index (χ0v) is 20.4. The smallest absolute Gasteiger partial charge is 0.255 e. The van der Waals surface area contributed by atoms with Crippen molar-refractivity contribution in [3.63, 3.8) is 0 Å². The van der Waals surface area contributed by atoms with Crippen molar-refractivity contribution < 1.29 is 14.3 Å². The summed E-state index contributed by atoms with van der Waals surface area (Å²) in [5.41, 5.74) is 4.67. The van der Waals surface area contributed by atoms with Gasteiger partial charge in [0.15, 0.2) is 11.5 Å². The molecule has 3 aromatic carbocycles. The summed E-state index contributed by atoms with van der Waals surface area (Å²) in [6, 6.07) is 22.6. The highest BCUT2D eigenvalue weighted by atomic mass is 16.5. The number of methoxy groups -OCH3 is 1. The summed E-state index contributed by atoms with van der Waals surface area (Å²) in [5.74, 6) is 1.42. The molecule has 4 aromatic rings. The van der Waals surface area contributed by atoms with Crippen molar-refractivity contribution in [3.8, 4) is 11.5 Å². The van der Waals surface area contributed by atoms with E-state index in [1.807, 2.05) is 86.6 Å². The summed E-state index contributed by atoms with van der Waals surface area (Å²) in [6.07, 6.45) is 1.47. The third-order valence-electron chi connectivity index (χ3n) is 6.18. The lowest BCUT2D eigenvalue weighted by Crippen LogP contribution is -2.32. The summed E-state index contributed by atoms with van der Waals surface area (Å²) >= 11 is 0. The molecule has 0 radical (unpaired) electrons. The molecule has 2 N–H and O–H groups in total. The van der Waals surface area contributed by atoms with Crippen LogP contribution in [0.5, 0.6) is 11.5 Å². The lowest BCUT2D eigenvalue weighted by atomic mass is 9.93. The molecule has 1 aliphatic rings. The summed E-state index contributed by atoms with van der Waals surface area (Å²) in [4.78, 5) is 18.1. The van der Waals surface area contributed by atoms with Gasteiger partial charge in [0.25, 0.3) is 5.91 Å². The molecule has 0 saturated heterocycles. The number of para-hydroxylation sites is 2. The van der Waals surface area contributed by atoms with E-state index in [2.05, 4.69) is 20.7 Å². The van der Waals surface area contributed by atoms with Gasteiger partial charge in [-0.15, -0.1) is 0 Å². The van der Waals surface area contributed by atoms with Crippen molar-refractivity contribution in [2.45, 2.75) is 26.5 Å². The topological polar surface area (TPSA) is 90.3 Å². The Hall–Kier alpha value is -4.59. The zero-order valence-electron chi connectivity index (χ0n) is 20.4. The molecule has 1 amide bonds. The van der Waals surface area contributed by atoms with Gasteiger partial charge in [-0.05, 0) is 37.1 Å². The first kappa shape index (κ1) is 23.2. The minimum atomic E-state index is -0.589. The minimum absolute atomic E-state index is 0.239. The summed E-state index contributed by atoms with van der Waals surface area (Å²) in [7, 11) is 1.60. The normalized spacial score (nSPS) is 14.6. The molecule has 1 aliphatic heterocycles. The molecule has 5 rings (SSSR count). The first-order valence-corrected chi connectivity index (χ1v) is 11.6. The van der Waals surface area contributed by atoms with Crippen LogP contribution in [0.3, 0.4) is 0 Å². The number of nitrogens with one attached hydrogen (secondary N) is 2. The van der Waals surface area contributed by atoms with E-state index in [1.165, 1.54) is 6.33 Å². The number of nitrogens with zero attached hydrogens (tertiary/aromatic N) is 3. The first-order chi connectivity index (χ1) is 17.6. The monoisotopic (exact) mass is 481 g/mol. The van der Waals surface area contributed by atoms with Gasteiger partial charge in [0.2, 0.25) is 5.95 Å². The fraction of sp³-hybridized carbons (Fsp3) is 0.179. The van der Waals surface area contributed by atoms with Crippen LogP contribution < -0.4 is 20.1 Å². The van der Waals surface area contributed by atoms with Crippen LogP contribution in [0.4, 0.5) is 11.6 Å². The number of amides is 1. The Bertz CT molecular complexity index is 1430. The van der Waals surface area contributed by atoms with Crippen LogP contribution in [0.15, 0.2) is 90.4 Å². The largest absolute Gasteiger partial charge is 0.493 e. The lowest BCUT2D eigenvalue weighted by molar-refractivity contribution is -0.113. The number of carbonyl (C=O) groups excluding carboxylic acids is 1. The second-order valence-corrected chi connectivity index (χ2v) is 8.52. The molecule has 0 fully saturated rings. The fourth-order valence-corrected chi connectivity index (χ4v) is 4.37. The molecule has 36 heavy (non-hydrogen) atoms. The van der Waals surface area contributed by atoms with Crippen molar-refractivity contribution >= 4 is 17.5 Å². The number of carbonyl (C=O) groups is 1. The van der Waals surface area contributed by atoms with Crippen LogP contribution >= 0.6 is 0 Å². The molecule has 8 heteroatoms. The Balaban J connectivity index is 1.59. The van der Waals surface area contributed by atoms with Crippen LogP contribution in [0, 0.1) is 6.92 Å². The molecule has 0 aliphatic carbocycles. The Kier molecular flexibility index (Phi) is 6.40. The number of rotatable bonds is 7. The maximum Gasteiger partial charge on any atom is 0.255 e. The predicted molar refractivity (Wildman–Crippen MR) is 138 cm³/mol. The Morgan fingerprint density at radius 2 is 1.81 bits per heavy atom. The van der Waals surface area contributed by atoms with Gasteiger partial charge < -0.3 is 20.1 Å². The third kappa shape index (κ3) is 4.40. The molecule has 0 spiro atoms. The molecule has 0 bridgehead atoms. The SMILES string of the molecule is COc1cccc(C2C(C(=O)Nc3ccccc3C)=C(C)Nc3ncnn32)c1OCc1ccccc1. The maximum atomic E-state index is 13.7. The van der Waals surface area contributed by atoms with Gasteiger partial charge in [0, 0.05) is 16.9 Å². The van der Waals surface area contributed by atoms with Gasteiger partial charge in [-0.25, -0.2) is 4.68 Å². The average molecular weight is 482 g/mol. The van der Waals surface area contributed by atoms with Gasteiger partial charge in [0.05, 0.1) is 12.7 Å². The van der Waals surface area contributed by atoms with Gasteiger partial charge in [-0.1, -0.05) is 60.7 Å². The molecule has 0 saturated carbocycles. The molecule has 1 aromatic heterocycles. The number of fused-ring (bicyclic) bond motifs is 1. The predicted octanol–water partition coefficient (Wildman–Crippen LogP) is 5.10. The van der Waals surface area contributed by atoms with Crippen LogP contribution in [0.25, 0.3) is 0 Å². The minimum Gasteiger partial charge on any atom is -0.493 e. The first-order valence-electron chi connectivity index (χ1n) is 11.6. The van der Waals surface area contributed by atoms with Crippen molar-refractivity contribution in [3.05, 3.63) is 107 Å². The Labute approximate surface area is 209 Å². The van der Waals surface area contributed by atoms with E-state index < -0.39 is 6.04 Å². The number of benzene rings is 3.